The van der Waals surface area contributed by atoms with Crippen LogP contribution in [0.25, 0.3) is 22.8 Å². The molecular weight excluding hydrogens is 252 g/mol. The lowest BCUT2D eigenvalue weighted by Gasteiger charge is -2.04. The Morgan fingerprint density at radius 1 is 0.619 bits per heavy atom. The van der Waals surface area contributed by atoms with Crippen molar-refractivity contribution < 1.29 is 0 Å². The summed E-state index contributed by atoms with van der Waals surface area (Å²) < 4.78 is 0. The second-order valence-electron chi connectivity index (χ2n) is 5.56. The van der Waals surface area contributed by atoms with E-state index >= 15 is 0 Å². The lowest BCUT2D eigenvalue weighted by molar-refractivity contribution is 1.46. The van der Waals surface area contributed by atoms with Gasteiger partial charge < -0.3 is 0 Å². The van der Waals surface area contributed by atoms with E-state index in [4.69, 9.17) is 0 Å². The predicted molar refractivity (Wildman–Crippen MR) is 90.0 cm³/mol. The molecule has 0 amide bonds. The van der Waals surface area contributed by atoms with Gasteiger partial charge in [0.2, 0.25) is 0 Å². The van der Waals surface area contributed by atoms with Gasteiger partial charge in [-0.25, -0.2) is 0 Å². The monoisotopic (exact) mass is 268 g/mol. The summed E-state index contributed by atoms with van der Waals surface area (Å²) in [6.45, 7) is 2.16. The van der Waals surface area contributed by atoms with E-state index in [-0.39, 0.29) is 0 Å². The third-order valence-electron chi connectivity index (χ3n) is 4.08. The van der Waals surface area contributed by atoms with Gasteiger partial charge >= 0.3 is 0 Å². The Labute approximate surface area is 125 Å². The Morgan fingerprint density at radius 2 is 1.29 bits per heavy atom. The number of fused-ring (bicyclic) bond motifs is 3. The molecule has 0 saturated heterocycles. The zero-order valence-electron chi connectivity index (χ0n) is 12.0. The molecule has 4 rings (SSSR count). The van der Waals surface area contributed by atoms with E-state index in [1.54, 1.807) is 0 Å². The summed E-state index contributed by atoms with van der Waals surface area (Å²) in [6, 6.07) is 26.0. The molecule has 0 bridgehead atoms. The number of benzene rings is 3. The van der Waals surface area contributed by atoms with E-state index in [1.165, 1.54) is 39.0 Å². The lowest BCUT2D eigenvalue weighted by atomic mass is 10.00. The van der Waals surface area contributed by atoms with Gasteiger partial charge in [-0.15, -0.1) is 0 Å². The Balaban J connectivity index is 1.99. The van der Waals surface area contributed by atoms with Crippen LogP contribution in [0.2, 0.25) is 0 Å². The first-order valence-corrected chi connectivity index (χ1v) is 7.30. The molecule has 21 heavy (non-hydrogen) atoms. The van der Waals surface area contributed by atoms with E-state index in [9.17, 15) is 0 Å². The predicted octanol–water partition coefficient (Wildman–Crippen LogP) is 5.56. The topological polar surface area (TPSA) is 0 Å². The highest BCUT2D eigenvalue weighted by atomic mass is 14.3. The van der Waals surface area contributed by atoms with Crippen LogP contribution in [-0.2, 0) is 0 Å². The van der Waals surface area contributed by atoms with Gasteiger partial charge in [0.1, 0.15) is 0 Å². The summed E-state index contributed by atoms with van der Waals surface area (Å²) in [5.74, 6) is 0. The van der Waals surface area contributed by atoms with Gasteiger partial charge in [0.25, 0.3) is 0 Å². The minimum absolute atomic E-state index is 1.25. The first-order chi connectivity index (χ1) is 10.3. The fourth-order valence-corrected chi connectivity index (χ4v) is 3.09. The molecule has 0 atom stereocenters. The molecule has 1 aliphatic carbocycles. The third kappa shape index (κ3) is 2.00. The van der Waals surface area contributed by atoms with Gasteiger partial charge in [-0.1, -0.05) is 78.4 Å². The number of hydrogen-bond acceptors (Lipinski definition) is 0. The van der Waals surface area contributed by atoms with Crippen molar-refractivity contribution >= 4 is 11.6 Å². The van der Waals surface area contributed by atoms with Crippen molar-refractivity contribution in [1.82, 2.24) is 0 Å². The van der Waals surface area contributed by atoms with Gasteiger partial charge in [-0.3, -0.25) is 0 Å². The van der Waals surface area contributed by atoms with Crippen LogP contribution in [0.3, 0.4) is 0 Å². The standard InChI is InChI=1S/C21H16/c1-15-11-12-19-17-9-5-6-10-18(17)21(20(19)13-15)14-16-7-3-2-4-8-16/h2-14H,1H3/b21-14-. The minimum Gasteiger partial charge on any atom is -0.0622 e. The maximum absolute atomic E-state index is 2.30. The normalized spacial score (nSPS) is 14.0. The van der Waals surface area contributed by atoms with E-state index in [2.05, 4.69) is 85.8 Å². The fourth-order valence-electron chi connectivity index (χ4n) is 3.09. The molecule has 100 valence electrons. The second kappa shape index (κ2) is 4.75. The quantitative estimate of drug-likeness (QED) is 0.423. The summed E-state index contributed by atoms with van der Waals surface area (Å²) in [5, 5.41) is 0. The van der Waals surface area contributed by atoms with Gasteiger partial charge in [-0.2, -0.15) is 0 Å². The van der Waals surface area contributed by atoms with Crippen LogP contribution in [0, 0.1) is 6.92 Å². The van der Waals surface area contributed by atoms with Crippen molar-refractivity contribution in [2.45, 2.75) is 6.92 Å². The van der Waals surface area contributed by atoms with Gasteiger partial charge in [0.05, 0.1) is 0 Å². The van der Waals surface area contributed by atoms with Crippen molar-refractivity contribution in [2.24, 2.45) is 0 Å². The molecule has 3 aromatic rings. The summed E-state index contributed by atoms with van der Waals surface area (Å²) in [5.41, 5.74) is 9.25. The first-order valence-electron chi connectivity index (χ1n) is 7.30. The Kier molecular flexibility index (Phi) is 2.75. The first kappa shape index (κ1) is 12.2. The fraction of sp³-hybridized carbons (Fsp3) is 0.0476. The van der Waals surface area contributed by atoms with Crippen LogP contribution in [0.15, 0.2) is 72.8 Å². The van der Waals surface area contributed by atoms with E-state index < -0.39 is 0 Å². The van der Waals surface area contributed by atoms with Crippen molar-refractivity contribution in [3.63, 3.8) is 0 Å². The maximum Gasteiger partial charge on any atom is -0.00929 e. The molecule has 1 aliphatic rings. The average Bonchev–Trinajstić information content (AvgIpc) is 2.82. The highest BCUT2D eigenvalue weighted by Gasteiger charge is 2.22. The van der Waals surface area contributed by atoms with Crippen LogP contribution in [-0.4, -0.2) is 0 Å². The van der Waals surface area contributed by atoms with Crippen LogP contribution in [0.4, 0.5) is 0 Å². The van der Waals surface area contributed by atoms with Crippen LogP contribution in [0.5, 0.6) is 0 Å². The van der Waals surface area contributed by atoms with Crippen molar-refractivity contribution in [1.29, 1.82) is 0 Å². The van der Waals surface area contributed by atoms with Gasteiger partial charge in [-0.05, 0) is 46.4 Å². The molecular formula is C21H16. The van der Waals surface area contributed by atoms with E-state index in [1.807, 2.05) is 0 Å². The number of aryl methyl sites for hydroxylation is 1. The summed E-state index contributed by atoms with van der Waals surface area (Å²) >= 11 is 0. The second-order valence-corrected chi connectivity index (χ2v) is 5.56. The Hall–Kier alpha value is -2.60. The number of rotatable bonds is 1. The largest absolute Gasteiger partial charge is 0.0622 e. The van der Waals surface area contributed by atoms with Gasteiger partial charge in [0.15, 0.2) is 0 Å². The molecule has 0 radical (unpaired) electrons. The summed E-state index contributed by atoms with van der Waals surface area (Å²) in [6.07, 6.45) is 2.30. The Bertz CT molecular complexity index is 839. The van der Waals surface area contributed by atoms with Crippen molar-refractivity contribution in [2.75, 3.05) is 0 Å². The maximum atomic E-state index is 2.30. The van der Waals surface area contributed by atoms with E-state index in [0.717, 1.165) is 0 Å². The smallest absolute Gasteiger partial charge is 0.00929 e. The highest BCUT2D eigenvalue weighted by molar-refractivity contribution is 6.06. The average molecular weight is 268 g/mol. The summed E-state index contributed by atoms with van der Waals surface area (Å²) in [4.78, 5) is 0. The molecule has 0 N–H and O–H groups in total. The molecule has 0 spiro atoms. The minimum atomic E-state index is 1.25. The molecule has 0 aliphatic heterocycles. The zero-order valence-corrected chi connectivity index (χ0v) is 12.0. The molecule has 0 nitrogen and oxygen atoms in total. The summed E-state index contributed by atoms with van der Waals surface area (Å²) in [7, 11) is 0. The lowest BCUT2D eigenvalue weighted by Crippen LogP contribution is -1.83. The van der Waals surface area contributed by atoms with E-state index in [0.29, 0.717) is 0 Å². The van der Waals surface area contributed by atoms with Crippen molar-refractivity contribution in [3.05, 3.63) is 95.1 Å². The van der Waals surface area contributed by atoms with Crippen LogP contribution >= 0.6 is 0 Å². The number of hydrogen-bond donors (Lipinski definition) is 0. The molecule has 0 fully saturated rings. The highest BCUT2D eigenvalue weighted by Crippen LogP contribution is 2.45. The van der Waals surface area contributed by atoms with Gasteiger partial charge in [0, 0.05) is 0 Å². The van der Waals surface area contributed by atoms with Crippen LogP contribution in [0.1, 0.15) is 22.3 Å². The molecule has 3 aromatic carbocycles. The molecule has 0 heteroatoms. The third-order valence-corrected chi connectivity index (χ3v) is 4.08. The van der Waals surface area contributed by atoms with Crippen LogP contribution < -0.4 is 0 Å². The molecule has 0 aromatic heterocycles. The Morgan fingerprint density at radius 3 is 2.10 bits per heavy atom. The molecule has 0 unspecified atom stereocenters. The van der Waals surface area contributed by atoms with Crippen molar-refractivity contribution in [3.8, 4) is 11.1 Å². The molecule has 0 saturated carbocycles. The zero-order chi connectivity index (χ0) is 14.2. The SMILES string of the molecule is Cc1ccc2c(c1)/C(=C\c1ccccc1)c1ccccc1-2. The molecule has 0 heterocycles.